The van der Waals surface area contributed by atoms with Crippen LogP contribution in [0.2, 0.25) is 5.02 Å². The van der Waals surface area contributed by atoms with E-state index in [1.165, 1.54) is 0 Å². The maximum atomic E-state index is 11.8. The summed E-state index contributed by atoms with van der Waals surface area (Å²) in [5.74, 6) is 0. The van der Waals surface area contributed by atoms with Gasteiger partial charge in [0.25, 0.3) is 0 Å². The highest BCUT2D eigenvalue weighted by Gasteiger charge is 2.14. The fraction of sp³-hybridized carbons (Fsp3) is 0.385. The molecule has 1 aromatic rings. The Morgan fingerprint density at radius 3 is 2.74 bits per heavy atom. The van der Waals surface area contributed by atoms with Gasteiger partial charge in [0.2, 0.25) is 0 Å². The van der Waals surface area contributed by atoms with E-state index in [9.17, 15) is 4.79 Å². The van der Waals surface area contributed by atoms with Crippen molar-refractivity contribution in [3.05, 3.63) is 28.8 Å². The van der Waals surface area contributed by atoms with E-state index in [4.69, 9.17) is 29.6 Å². The molecular weight excluding hydrogens is 282 g/mol. The predicted octanol–water partition coefficient (Wildman–Crippen LogP) is 3.22. The zero-order valence-corrected chi connectivity index (χ0v) is 12.6. The number of nitrogens with one attached hydrogen (secondary N) is 2. The lowest BCUT2D eigenvalue weighted by atomic mass is 10.2. The number of amides is 2. The molecule has 0 bridgehead atoms. The number of aryl methyl sites for hydroxylation is 1. The van der Waals surface area contributed by atoms with Crippen LogP contribution in [0, 0.1) is 6.92 Å². The van der Waals surface area contributed by atoms with Crippen molar-refractivity contribution in [1.82, 2.24) is 5.32 Å². The van der Waals surface area contributed by atoms with E-state index in [2.05, 4.69) is 10.6 Å². The normalized spacial score (nSPS) is 11.7. The molecule has 0 heterocycles. The first kappa shape index (κ1) is 15.7. The largest absolute Gasteiger partial charge is 0.392 e. The van der Waals surface area contributed by atoms with Gasteiger partial charge in [0.05, 0.1) is 11.0 Å². The molecule has 1 atom stereocenters. The van der Waals surface area contributed by atoms with Crippen LogP contribution in [0.15, 0.2) is 18.2 Å². The first-order valence-corrected chi connectivity index (χ1v) is 6.85. The lowest BCUT2D eigenvalue weighted by Gasteiger charge is -2.17. The van der Waals surface area contributed by atoms with Gasteiger partial charge < -0.3 is 16.4 Å². The summed E-state index contributed by atoms with van der Waals surface area (Å²) in [6.45, 7) is 3.90. The molecule has 0 spiro atoms. The summed E-state index contributed by atoms with van der Waals surface area (Å²) in [5.41, 5.74) is 7.17. The minimum absolute atomic E-state index is 0.291. The Hall–Kier alpha value is -1.33. The van der Waals surface area contributed by atoms with Gasteiger partial charge in [0.15, 0.2) is 0 Å². The molecule has 1 unspecified atom stereocenters. The van der Waals surface area contributed by atoms with Crippen LogP contribution in [0.1, 0.15) is 25.3 Å². The van der Waals surface area contributed by atoms with Gasteiger partial charge in [0, 0.05) is 10.7 Å². The third kappa shape index (κ3) is 5.04. The Morgan fingerprint density at radius 2 is 2.21 bits per heavy atom. The Morgan fingerprint density at radius 1 is 1.53 bits per heavy atom. The number of thiocarbonyl (C=S) groups is 1. The number of anilines is 1. The van der Waals surface area contributed by atoms with E-state index in [0.29, 0.717) is 15.7 Å². The van der Waals surface area contributed by atoms with Gasteiger partial charge in [-0.1, -0.05) is 43.2 Å². The van der Waals surface area contributed by atoms with Crippen LogP contribution in [0.5, 0.6) is 0 Å². The number of benzene rings is 1. The average Bonchev–Trinajstić information content (AvgIpc) is 2.33. The standard InChI is InChI=1S/C13H18ClN3OS/c1-3-4-11(12(15)19)17-13(18)16-9-6-5-8(2)10(14)7-9/h5-7,11H,3-4H2,1-2H3,(H2,15,19)(H2,16,17,18). The molecule has 0 aliphatic rings. The van der Waals surface area contributed by atoms with Gasteiger partial charge >= 0.3 is 6.03 Å². The van der Waals surface area contributed by atoms with Crippen molar-refractivity contribution in [3.8, 4) is 0 Å². The van der Waals surface area contributed by atoms with Gasteiger partial charge in [0.1, 0.15) is 0 Å². The van der Waals surface area contributed by atoms with E-state index in [0.717, 1.165) is 18.4 Å². The monoisotopic (exact) mass is 299 g/mol. The first-order valence-electron chi connectivity index (χ1n) is 6.07. The molecule has 0 saturated carbocycles. The van der Waals surface area contributed by atoms with Crippen LogP contribution in [0.4, 0.5) is 10.5 Å². The number of hydrogen-bond donors (Lipinski definition) is 3. The smallest absolute Gasteiger partial charge is 0.319 e. The van der Waals surface area contributed by atoms with E-state index >= 15 is 0 Å². The summed E-state index contributed by atoms with van der Waals surface area (Å²) in [5, 5.41) is 6.05. The minimum Gasteiger partial charge on any atom is -0.392 e. The molecule has 6 heteroatoms. The first-order chi connectivity index (χ1) is 8.93. The van der Waals surface area contributed by atoms with Crippen molar-refractivity contribution in [1.29, 1.82) is 0 Å². The van der Waals surface area contributed by atoms with Crippen molar-refractivity contribution in [2.45, 2.75) is 32.7 Å². The summed E-state index contributed by atoms with van der Waals surface area (Å²) in [4.78, 5) is 12.1. The van der Waals surface area contributed by atoms with Gasteiger partial charge in [-0.05, 0) is 31.0 Å². The quantitative estimate of drug-likeness (QED) is 0.731. The fourth-order valence-electron chi connectivity index (χ4n) is 1.57. The molecule has 1 rings (SSSR count). The summed E-state index contributed by atoms with van der Waals surface area (Å²) in [6, 6.07) is 4.70. The molecule has 0 aliphatic heterocycles. The van der Waals surface area contributed by atoms with Crippen LogP contribution in [-0.4, -0.2) is 17.1 Å². The summed E-state index contributed by atoms with van der Waals surface area (Å²) < 4.78 is 0. The molecule has 0 saturated heterocycles. The van der Waals surface area contributed by atoms with Crippen molar-refractivity contribution in [3.63, 3.8) is 0 Å². The van der Waals surface area contributed by atoms with Crippen molar-refractivity contribution < 1.29 is 4.79 Å². The predicted molar refractivity (Wildman–Crippen MR) is 83.8 cm³/mol. The lowest BCUT2D eigenvalue weighted by molar-refractivity contribution is 0.250. The lowest BCUT2D eigenvalue weighted by Crippen LogP contribution is -2.45. The maximum absolute atomic E-state index is 11.8. The topological polar surface area (TPSA) is 67.2 Å². The second kappa shape index (κ2) is 7.31. The van der Waals surface area contributed by atoms with Crippen LogP contribution >= 0.6 is 23.8 Å². The highest BCUT2D eigenvalue weighted by Crippen LogP contribution is 2.19. The molecular formula is C13H18ClN3OS. The Labute approximate surface area is 123 Å². The number of nitrogens with two attached hydrogens (primary N) is 1. The molecule has 4 nitrogen and oxygen atoms in total. The maximum Gasteiger partial charge on any atom is 0.319 e. The molecule has 1 aromatic carbocycles. The highest BCUT2D eigenvalue weighted by molar-refractivity contribution is 7.80. The minimum atomic E-state index is -0.342. The average molecular weight is 300 g/mol. The van der Waals surface area contributed by atoms with Crippen LogP contribution in [0.25, 0.3) is 0 Å². The zero-order valence-electron chi connectivity index (χ0n) is 11.0. The summed E-state index contributed by atoms with van der Waals surface area (Å²) in [7, 11) is 0. The molecule has 0 fully saturated rings. The van der Waals surface area contributed by atoms with Crippen molar-refractivity contribution in [2.75, 3.05) is 5.32 Å². The molecule has 0 radical (unpaired) electrons. The van der Waals surface area contributed by atoms with Crippen LogP contribution < -0.4 is 16.4 Å². The number of urea groups is 1. The number of hydrogen-bond acceptors (Lipinski definition) is 2. The summed E-state index contributed by atoms with van der Waals surface area (Å²) in [6.07, 6.45) is 1.61. The van der Waals surface area contributed by atoms with Gasteiger partial charge in [-0.25, -0.2) is 4.79 Å². The van der Waals surface area contributed by atoms with E-state index < -0.39 is 0 Å². The van der Waals surface area contributed by atoms with Crippen molar-refractivity contribution in [2.24, 2.45) is 5.73 Å². The van der Waals surface area contributed by atoms with Gasteiger partial charge in [-0.15, -0.1) is 0 Å². The van der Waals surface area contributed by atoms with Gasteiger partial charge in [-0.3, -0.25) is 0 Å². The molecule has 2 amide bonds. The molecule has 19 heavy (non-hydrogen) atoms. The van der Waals surface area contributed by atoms with E-state index in [-0.39, 0.29) is 12.1 Å². The highest BCUT2D eigenvalue weighted by atomic mass is 35.5. The Kier molecular flexibility index (Phi) is 6.05. The number of rotatable bonds is 5. The summed E-state index contributed by atoms with van der Waals surface area (Å²) >= 11 is 10.9. The zero-order chi connectivity index (χ0) is 14.4. The van der Waals surface area contributed by atoms with E-state index in [1.54, 1.807) is 12.1 Å². The number of carbonyl (C=O) groups excluding carboxylic acids is 1. The number of carbonyl (C=O) groups is 1. The SMILES string of the molecule is CCCC(NC(=O)Nc1ccc(C)c(Cl)c1)C(N)=S. The van der Waals surface area contributed by atoms with Crippen molar-refractivity contribution >= 4 is 40.5 Å². The molecule has 4 N–H and O–H groups in total. The molecule has 0 aliphatic carbocycles. The second-order valence-corrected chi connectivity index (χ2v) is 5.18. The molecule has 0 aromatic heterocycles. The molecule has 104 valence electrons. The second-order valence-electron chi connectivity index (χ2n) is 4.31. The Bertz CT molecular complexity index is 479. The Balaban J connectivity index is 2.63. The number of halogens is 1. The fourth-order valence-corrected chi connectivity index (χ4v) is 1.93. The van der Waals surface area contributed by atoms with Gasteiger partial charge in [-0.2, -0.15) is 0 Å². The van der Waals surface area contributed by atoms with Crippen LogP contribution in [-0.2, 0) is 0 Å². The third-order valence-electron chi connectivity index (χ3n) is 2.66. The van der Waals surface area contributed by atoms with Crippen LogP contribution in [0.3, 0.4) is 0 Å². The third-order valence-corrected chi connectivity index (χ3v) is 3.35. The van der Waals surface area contributed by atoms with E-state index in [1.807, 2.05) is 19.9 Å².